The molecule has 0 aromatic heterocycles. The molecule has 0 atom stereocenters. The molecule has 1 fully saturated rings. The number of benzene rings is 1. The molecule has 0 spiro atoms. The van der Waals surface area contributed by atoms with Crippen LogP contribution in [0.15, 0.2) is 22.7 Å². The highest BCUT2D eigenvalue weighted by Gasteiger charge is 2.20. The summed E-state index contributed by atoms with van der Waals surface area (Å²) in [6.45, 7) is 2.78. The summed E-state index contributed by atoms with van der Waals surface area (Å²) in [5.41, 5.74) is 5.05. The average molecular weight is 268 g/mol. The second kappa shape index (κ2) is 4.14. The van der Waals surface area contributed by atoms with Crippen molar-refractivity contribution in [3.63, 3.8) is 0 Å². The van der Waals surface area contributed by atoms with E-state index in [0.29, 0.717) is 6.42 Å². The van der Waals surface area contributed by atoms with E-state index in [0.717, 1.165) is 16.6 Å². The third-order valence-corrected chi connectivity index (χ3v) is 2.99. The van der Waals surface area contributed by atoms with Crippen LogP contribution >= 0.6 is 15.9 Å². The minimum absolute atomic E-state index is 0.0782. The molecule has 1 aromatic carbocycles. The van der Waals surface area contributed by atoms with Crippen molar-refractivity contribution in [2.24, 2.45) is 0 Å². The summed E-state index contributed by atoms with van der Waals surface area (Å²) in [4.78, 5) is 11.0. The molecule has 0 unspecified atom stereocenters. The Morgan fingerprint density at radius 3 is 2.93 bits per heavy atom. The van der Waals surface area contributed by atoms with Gasteiger partial charge in [0.05, 0.1) is 12.0 Å². The molecule has 3 nitrogen and oxygen atoms in total. The van der Waals surface area contributed by atoms with Gasteiger partial charge in [-0.25, -0.2) is 0 Å². The number of hydrogen-bond donors (Lipinski definition) is 1. The highest BCUT2D eigenvalue weighted by molar-refractivity contribution is 9.10. The number of amides is 1. The molecule has 0 aliphatic carbocycles. The molecule has 0 radical (unpaired) electrons. The van der Waals surface area contributed by atoms with Crippen LogP contribution in [0.4, 0.5) is 0 Å². The lowest BCUT2D eigenvalue weighted by Gasteiger charge is -1.98. The normalized spacial score (nSPS) is 18.3. The van der Waals surface area contributed by atoms with E-state index in [9.17, 15) is 4.79 Å². The fourth-order valence-electron chi connectivity index (χ4n) is 1.50. The number of hydrazone groups is 1. The number of carbonyl (C=O) groups is 1. The van der Waals surface area contributed by atoms with Crippen LogP contribution in [0.1, 0.15) is 17.5 Å². The number of hydrogen-bond acceptors (Lipinski definition) is 1. The zero-order valence-electron chi connectivity index (χ0n) is 8.46. The van der Waals surface area contributed by atoms with Gasteiger partial charge in [0.2, 0.25) is 6.21 Å². The van der Waals surface area contributed by atoms with Crippen molar-refractivity contribution >= 4 is 28.1 Å². The molecule has 1 aromatic rings. The Kier molecular flexibility index (Phi) is 2.86. The molecule has 15 heavy (non-hydrogen) atoms. The maximum atomic E-state index is 11.0. The van der Waals surface area contributed by atoms with Crippen molar-refractivity contribution in [3.05, 3.63) is 33.8 Å². The van der Waals surface area contributed by atoms with Crippen molar-refractivity contribution in [1.82, 2.24) is 5.43 Å². The first-order chi connectivity index (χ1) is 7.15. The Morgan fingerprint density at radius 1 is 1.53 bits per heavy atom. The lowest BCUT2D eigenvalue weighted by atomic mass is 10.2. The Bertz CT molecular complexity index is 440. The van der Waals surface area contributed by atoms with E-state index in [2.05, 4.69) is 33.5 Å². The standard InChI is InChI=1S/C11H11BrN2O/c1-8-2-3-9(10(12)6-8)7-14-5-4-11(15)13-14/h2-3,6-7H,4-5H2,1H3/p+1/b14-7-. The smallest absolute Gasteiger partial charge is 0.269 e. The summed E-state index contributed by atoms with van der Waals surface area (Å²) in [6, 6.07) is 6.14. The molecule has 2 rings (SSSR count). The molecule has 78 valence electrons. The predicted molar refractivity (Wildman–Crippen MR) is 61.9 cm³/mol. The predicted octanol–water partition coefficient (Wildman–Crippen LogP) is 1.62. The lowest BCUT2D eigenvalue weighted by Crippen LogP contribution is -2.25. The van der Waals surface area contributed by atoms with Crippen LogP contribution in [0, 0.1) is 6.92 Å². The lowest BCUT2D eigenvalue weighted by molar-refractivity contribution is -0.553. The van der Waals surface area contributed by atoms with Crippen LogP contribution < -0.4 is 5.43 Å². The maximum Gasteiger partial charge on any atom is 0.280 e. The van der Waals surface area contributed by atoms with Crippen molar-refractivity contribution in [2.45, 2.75) is 13.3 Å². The topological polar surface area (TPSA) is 32.1 Å². The van der Waals surface area contributed by atoms with Gasteiger partial charge in [0.1, 0.15) is 0 Å². The van der Waals surface area contributed by atoms with Gasteiger partial charge in [-0.15, -0.1) is 10.1 Å². The quantitative estimate of drug-likeness (QED) is 0.771. The first-order valence-electron chi connectivity index (χ1n) is 4.82. The summed E-state index contributed by atoms with van der Waals surface area (Å²) in [7, 11) is 0. The van der Waals surface area contributed by atoms with Gasteiger partial charge in [-0.05, 0) is 40.5 Å². The van der Waals surface area contributed by atoms with E-state index in [1.165, 1.54) is 5.56 Å². The Morgan fingerprint density at radius 2 is 2.33 bits per heavy atom. The van der Waals surface area contributed by atoms with Crippen LogP contribution in [0.2, 0.25) is 0 Å². The molecule has 1 heterocycles. The highest BCUT2D eigenvalue weighted by atomic mass is 79.9. The second-order valence-electron chi connectivity index (χ2n) is 3.63. The molecule has 1 saturated heterocycles. The van der Waals surface area contributed by atoms with E-state index in [4.69, 9.17) is 0 Å². The number of rotatable bonds is 1. The fraction of sp³-hybridized carbons (Fsp3) is 0.273. The van der Waals surface area contributed by atoms with Crippen molar-refractivity contribution in [3.8, 4) is 0 Å². The SMILES string of the molecule is Cc1ccc(/C=[N+]2/CCC(=O)N2)c(Br)c1. The molecular formula is C11H12BrN2O+. The molecule has 4 heteroatoms. The Labute approximate surface area is 96.9 Å². The van der Waals surface area contributed by atoms with Crippen LogP contribution in [0.3, 0.4) is 0 Å². The van der Waals surface area contributed by atoms with Gasteiger partial charge >= 0.3 is 0 Å². The molecule has 1 aliphatic heterocycles. The monoisotopic (exact) mass is 267 g/mol. The Balaban J connectivity index is 2.27. The minimum atomic E-state index is 0.0782. The van der Waals surface area contributed by atoms with Gasteiger partial charge in [0, 0.05) is 4.47 Å². The first-order valence-corrected chi connectivity index (χ1v) is 5.61. The summed E-state index contributed by atoms with van der Waals surface area (Å²) >= 11 is 3.50. The number of nitrogens with zero attached hydrogens (tertiary/aromatic N) is 1. The first kappa shape index (κ1) is 10.4. The van der Waals surface area contributed by atoms with Gasteiger partial charge in [-0.3, -0.25) is 4.79 Å². The molecule has 0 bridgehead atoms. The number of aryl methyl sites for hydroxylation is 1. The summed E-state index contributed by atoms with van der Waals surface area (Å²) in [6.07, 6.45) is 2.51. The zero-order chi connectivity index (χ0) is 10.8. The van der Waals surface area contributed by atoms with Gasteiger partial charge in [-0.2, -0.15) is 0 Å². The van der Waals surface area contributed by atoms with Gasteiger partial charge in [0.15, 0.2) is 6.54 Å². The Hall–Kier alpha value is -1.16. The maximum absolute atomic E-state index is 11.0. The molecular weight excluding hydrogens is 256 g/mol. The van der Waals surface area contributed by atoms with E-state index < -0.39 is 0 Å². The van der Waals surface area contributed by atoms with E-state index >= 15 is 0 Å². The third kappa shape index (κ3) is 2.45. The second-order valence-corrected chi connectivity index (χ2v) is 4.49. The van der Waals surface area contributed by atoms with Gasteiger partial charge in [-0.1, -0.05) is 6.07 Å². The van der Waals surface area contributed by atoms with Crippen LogP contribution in [0.25, 0.3) is 0 Å². The fourth-order valence-corrected chi connectivity index (χ4v) is 2.09. The van der Waals surface area contributed by atoms with Gasteiger partial charge in [0.25, 0.3) is 5.91 Å². The largest absolute Gasteiger partial charge is 0.280 e. The van der Waals surface area contributed by atoms with Gasteiger partial charge < -0.3 is 0 Å². The van der Waals surface area contributed by atoms with Crippen LogP contribution in [0.5, 0.6) is 0 Å². The van der Waals surface area contributed by atoms with Crippen LogP contribution in [-0.2, 0) is 4.79 Å². The molecule has 1 N–H and O–H groups in total. The number of nitrogens with one attached hydrogen (secondary N) is 1. The highest BCUT2D eigenvalue weighted by Crippen LogP contribution is 2.16. The zero-order valence-corrected chi connectivity index (χ0v) is 10.0. The van der Waals surface area contributed by atoms with Crippen molar-refractivity contribution in [2.75, 3.05) is 6.54 Å². The molecule has 1 aliphatic rings. The number of carbonyl (C=O) groups excluding carboxylic acids is 1. The minimum Gasteiger partial charge on any atom is -0.269 e. The van der Waals surface area contributed by atoms with Crippen molar-refractivity contribution in [1.29, 1.82) is 0 Å². The summed E-state index contributed by atoms with van der Waals surface area (Å²) < 4.78 is 2.86. The van der Waals surface area contributed by atoms with Crippen LogP contribution in [-0.4, -0.2) is 23.4 Å². The van der Waals surface area contributed by atoms with E-state index in [1.54, 1.807) is 0 Å². The number of hydrazine groups is 1. The average Bonchev–Trinajstić information content (AvgIpc) is 2.56. The molecule has 0 saturated carbocycles. The summed E-state index contributed by atoms with van der Waals surface area (Å²) in [5.74, 6) is 0.0782. The van der Waals surface area contributed by atoms with E-state index in [1.807, 2.05) is 23.9 Å². The third-order valence-electron chi connectivity index (χ3n) is 2.30. The van der Waals surface area contributed by atoms with E-state index in [-0.39, 0.29) is 5.91 Å². The number of halogens is 1. The molecule has 1 amide bonds. The summed E-state index contributed by atoms with van der Waals surface area (Å²) in [5, 5.41) is 0. The van der Waals surface area contributed by atoms with Crippen molar-refractivity contribution < 1.29 is 9.48 Å².